The Balaban J connectivity index is 1.73. The number of ether oxygens (including phenoxy) is 1. The smallest absolute Gasteiger partial charge is 0.335 e. The van der Waals surface area contributed by atoms with Crippen molar-refractivity contribution in [2.45, 2.75) is 64.2 Å². The molecule has 31 heavy (non-hydrogen) atoms. The van der Waals surface area contributed by atoms with Gasteiger partial charge in [-0.2, -0.15) is 0 Å². The average molecular weight is 446 g/mol. The fraction of sp³-hybridized carbons (Fsp3) is 0.458. The molecular weight excluding hydrogens is 414 g/mol. The molecule has 0 bridgehead atoms. The highest BCUT2D eigenvalue weighted by Crippen LogP contribution is 2.33. The van der Waals surface area contributed by atoms with E-state index in [0.29, 0.717) is 30.2 Å². The number of carboxylic acid groups (broad SMARTS) is 1. The Morgan fingerprint density at radius 2 is 1.84 bits per heavy atom. The third-order valence-electron chi connectivity index (χ3n) is 5.95. The molecular formula is C24H31NO5S. The van der Waals surface area contributed by atoms with Gasteiger partial charge in [-0.05, 0) is 61.1 Å². The molecule has 0 aromatic heterocycles. The lowest BCUT2D eigenvalue weighted by molar-refractivity contribution is 0.0697. The van der Waals surface area contributed by atoms with Crippen molar-refractivity contribution < 1.29 is 23.1 Å². The lowest BCUT2D eigenvalue weighted by Gasteiger charge is -2.22. The van der Waals surface area contributed by atoms with Gasteiger partial charge < -0.3 is 9.84 Å². The predicted molar refractivity (Wildman–Crippen MR) is 122 cm³/mol. The number of aryl methyl sites for hydroxylation is 1. The molecule has 3 rings (SSSR count). The van der Waals surface area contributed by atoms with E-state index in [2.05, 4.69) is 4.72 Å². The molecule has 168 valence electrons. The zero-order chi connectivity index (χ0) is 22.4. The number of hydrogen-bond acceptors (Lipinski definition) is 4. The van der Waals surface area contributed by atoms with Gasteiger partial charge in [0.05, 0.1) is 16.5 Å². The molecule has 7 heteroatoms. The van der Waals surface area contributed by atoms with Gasteiger partial charge in [-0.1, -0.05) is 50.8 Å². The Morgan fingerprint density at radius 3 is 2.45 bits per heavy atom. The van der Waals surface area contributed by atoms with Crippen LogP contribution in [0.3, 0.4) is 0 Å². The maximum absolute atomic E-state index is 13.1. The van der Waals surface area contributed by atoms with Crippen LogP contribution in [0, 0.1) is 12.8 Å². The number of anilines is 1. The molecule has 2 aromatic rings. The van der Waals surface area contributed by atoms with Crippen molar-refractivity contribution in [2.75, 3.05) is 4.72 Å². The molecule has 0 amide bonds. The molecule has 0 saturated heterocycles. The van der Waals surface area contributed by atoms with Crippen molar-refractivity contribution in [3.8, 4) is 5.75 Å². The molecule has 6 nitrogen and oxygen atoms in total. The second-order valence-corrected chi connectivity index (χ2v) is 10.3. The molecule has 2 aromatic carbocycles. The first-order valence-corrected chi connectivity index (χ1v) is 12.4. The summed E-state index contributed by atoms with van der Waals surface area (Å²) in [7, 11) is -3.54. The average Bonchev–Trinajstić information content (AvgIpc) is 3.25. The Bertz CT molecular complexity index is 995. The summed E-state index contributed by atoms with van der Waals surface area (Å²) in [4.78, 5) is 11.0. The van der Waals surface area contributed by atoms with Crippen molar-refractivity contribution in [2.24, 2.45) is 5.92 Å². The largest absolute Gasteiger partial charge is 0.487 e. The number of carbonyl (C=O) groups is 1. The minimum absolute atomic E-state index is 0.206. The highest BCUT2D eigenvalue weighted by molar-refractivity contribution is 7.93. The fourth-order valence-corrected chi connectivity index (χ4v) is 5.71. The van der Waals surface area contributed by atoms with Crippen molar-refractivity contribution in [1.82, 2.24) is 0 Å². The third kappa shape index (κ3) is 6.23. The van der Waals surface area contributed by atoms with Crippen LogP contribution in [0.15, 0.2) is 42.5 Å². The van der Waals surface area contributed by atoms with Gasteiger partial charge in [0.15, 0.2) is 0 Å². The quantitative estimate of drug-likeness (QED) is 0.513. The lowest BCUT2D eigenvalue weighted by Crippen LogP contribution is -2.29. The number of aromatic carboxylic acids is 1. The molecule has 2 N–H and O–H groups in total. The van der Waals surface area contributed by atoms with Gasteiger partial charge in [0.25, 0.3) is 0 Å². The zero-order valence-corrected chi connectivity index (χ0v) is 19.0. The van der Waals surface area contributed by atoms with Crippen LogP contribution < -0.4 is 9.46 Å². The van der Waals surface area contributed by atoms with Gasteiger partial charge in [0, 0.05) is 0 Å². The van der Waals surface area contributed by atoms with Crippen LogP contribution in [0.4, 0.5) is 5.69 Å². The minimum atomic E-state index is -3.54. The number of nitrogens with one attached hydrogen (secondary N) is 1. The molecule has 0 radical (unpaired) electrons. The number of carboxylic acids is 1. The number of rotatable bonds is 10. The first-order chi connectivity index (χ1) is 14.8. The summed E-state index contributed by atoms with van der Waals surface area (Å²) in [5.41, 5.74) is 2.39. The summed E-state index contributed by atoms with van der Waals surface area (Å²) in [5.74, 6) is -0.0310. The van der Waals surface area contributed by atoms with Gasteiger partial charge >= 0.3 is 5.97 Å². The van der Waals surface area contributed by atoms with Gasteiger partial charge in [-0.15, -0.1) is 0 Å². The normalized spacial score (nSPS) is 15.5. The van der Waals surface area contributed by atoms with Crippen molar-refractivity contribution in [3.63, 3.8) is 0 Å². The van der Waals surface area contributed by atoms with E-state index in [9.17, 15) is 13.2 Å². The van der Waals surface area contributed by atoms with Crippen molar-refractivity contribution >= 4 is 21.7 Å². The third-order valence-corrected chi connectivity index (χ3v) is 7.86. The highest BCUT2D eigenvalue weighted by Gasteiger charge is 2.29. The van der Waals surface area contributed by atoms with E-state index < -0.39 is 21.2 Å². The number of hydrogen-bond donors (Lipinski definition) is 2. The molecule has 1 unspecified atom stereocenters. The van der Waals surface area contributed by atoms with E-state index in [1.807, 2.05) is 19.9 Å². The molecule has 1 atom stereocenters. The van der Waals surface area contributed by atoms with Gasteiger partial charge in [-0.3, -0.25) is 4.72 Å². The SMILES string of the molecule is CCC(CC1CCCC1)S(=O)(=O)Nc1ccc(C)cc1OCc1ccc(C(=O)O)cc1. The second kappa shape index (κ2) is 10.2. The van der Waals surface area contributed by atoms with Crippen LogP contribution in [-0.2, 0) is 16.6 Å². The fourth-order valence-electron chi connectivity index (χ4n) is 4.11. The molecule has 1 aliphatic rings. The Hall–Kier alpha value is -2.54. The van der Waals surface area contributed by atoms with Crippen LogP contribution in [-0.4, -0.2) is 24.7 Å². The molecule has 0 spiro atoms. The van der Waals surface area contributed by atoms with Crippen molar-refractivity contribution in [3.05, 3.63) is 59.2 Å². The van der Waals surface area contributed by atoms with E-state index in [1.165, 1.54) is 25.0 Å². The van der Waals surface area contributed by atoms with E-state index in [-0.39, 0.29) is 12.2 Å². The summed E-state index contributed by atoms with van der Waals surface area (Å²) in [6.07, 6.45) is 5.89. The molecule has 1 saturated carbocycles. The molecule has 0 heterocycles. The maximum Gasteiger partial charge on any atom is 0.335 e. The van der Waals surface area contributed by atoms with Gasteiger partial charge in [0.1, 0.15) is 12.4 Å². The summed E-state index contributed by atoms with van der Waals surface area (Å²) in [6.45, 7) is 4.05. The van der Waals surface area contributed by atoms with E-state index >= 15 is 0 Å². The summed E-state index contributed by atoms with van der Waals surface area (Å²) < 4.78 is 34.9. The van der Waals surface area contributed by atoms with Crippen molar-refractivity contribution in [1.29, 1.82) is 0 Å². The van der Waals surface area contributed by atoms with E-state index in [4.69, 9.17) is 9.84 Å². The first-order valence-electron chi connectivity index (χ1n) is 10.9. The standard InChI is InChI=1S/C24H31NO5S/c1-3-21(15-18-6-4-5-7-18)31(28,29)25-22-13-8-17(2)14-23(22)30-16-19-9-11-20(12-10-19)24(26)27/h8-14,18,21,25H,3-7,15-16H2,1-2H3,(H,26,27). The summed E-state index contributed by atoms with van der Waals surface area (Å²) in [5, 5.41) is 8.59. The molecule has 1 aliphatic carbocycles. The van der Waals surface area contributed by atoms with E-state index in [1.54, 1.807) is 24.3 Å². The predicted octanol–water partition coefficient (Wildman–Crippen LogP) is 5.37. The van der Waals surface area contributed by atoms with Gasteiger partial charge in [-0.25, -0.2) is 13.2 Å². The monoisotopic (exact) mass is 445 g/mol. The van der Waals surface area contributed by atoms with E-state index in [0.717, 1.165) is 24.0 Å². The Morgan fingerprint density at radius 1 is 1.16 bits per heavy atom. The second-order valence-electron chi connectivity index (χ2n) is 8.35. The maximum atomic E-state index is 13.1. The van der Waals surface area contributed by atoms with Crippen LogP contribution >= 0.6 is 0 Å². The minimum Gasteiger partial charge on any atom is -0.487 e. The van der Waals surface area contributed by atoms with Gasteiger partial charge in [0.2, 0.25) is 10.0 Å². The van der Waals surface area contributed by atoms with Crippen LogP contribution in [0.5, 0.6) is 5.75 Å². The number of benzene rings is 2. The first kappa shape index (κ1) is 23.1. The number of sulfonamides is 1. The van der Waals surface area contributed by atoms with Crippen LogP contribution in [0.1, 0.15) is 66.9 Å². The lowest BCUT2D eigenvalue weighted by atomic mass is 10.0. The summed E-state index contributed by atoms with van der Waals surface area (Å²) >= 11 is 0. The molecule has 1 fully saturated rings. The topological polar surface area (TPSA) is 92.7 Å². The zero-order valence-electron chi connectivity index (χ0n) is 18.1. The van der Waals surface area contributed by atoms with Crippen LogP contribution in [0.2, 0.25) is 0 Å². The summed E-state index contributed by atoms with van der Waals surface area (Å²) in [6, 6.07) is 11.8. The highest BCUT2D eigenvalue weighted by atomic mass is 32.2. The Kier molecular flexibility index (Phi) is 7.59. The molecule has 0 aliphatic heterocycles. The van der Waals surface area contributed by atoms with Crippen LogP contribution in [0.25, 0.3) is 0 Å². The Labute approximate surface area is 184 Å².